The van der Waals surface area contributed by atoms with Crippen LogP contribution in [0.1, 0.15) is 39.5 Å². The molecule has 0 spiro atoms. The minimum atomic E-state index is 0.0783. The summed E-state index contributed by atoms with van der Waals surface area (Å²) < 4.78 is 0. The number of hydrogen-bond acceptors (Lipinski definition) is 6. The number of rotatable bonds is 9. The molecule has 2 aliphatic heterocycles. The summed E-state index contributed by atoms with van der Waals surface area (Å²) in [5.74, 6) is 2.56. The van der Waals surface area contributed by atoms with Crippen molar-refractivity contribution in [2.24, 2.45) is 11.8 Å². The minimum absolute atomic E-state index is 0.0783. The van der Waals surface area contributed by atoms with Crippen LogP contribution in [-0.4, -0.2) is 48.2 Å². The largest absolute Gasteiger partial charge is 0.307 e. The van der Waals surface area contributed by atoms with Gasteiger partial charge in [-0.15, -0.1) is 0 Å². The first-order valence-corrected chi connectivity index (χ1v) is 10.9. The van der Waals surface area contributed by atoms with Gasteiger partial charge in [-0.1, -0.05) is 35.4 Å². The number of hydrogen-bond donors (Lipinski definition) is 2. The van der Waals surface area contributed by atoms with Crippen molar-refractivity contribution in [2.45, 2.75) is 51.6 Å². The average Bonchev–Trinajstić information content (AvgIpc) is 3.22. The minimum Gasteiger partial charge on any atom is -0.307 e. The van der Waals surface area contributed by atoms with Gasteiger partial charge in [-0.05, 0) is 38.8 Å². The molecule has 2 N–H and O–H groups in total. The first kappa shape index (κ1) is 18.3. The molecule has 2 heterocycles. The fourth-order valence-corrected chi connectivity index (χ4v) is 5.74. The molecule has 22 heavy (non-hydrogen) atoms. The molecule has 4 atom stereocenters. The van der Waals surface area contributed by atoms with Crippen molar-refractivity contribution in [3.8, 4) is 0 Å². The van der Waals surface area contributed by atoms with Gasteiger partial charge in [-0.3, -0.25) is 9.59 Å². The van der Waals surface area contributed by atoms with E-state index >= 15 is 0 Å². The summed E-state index contributed by atoms with van der Waals surface area (Å²) in [5, 5.41) is 6.55. The van der Waals surface area contributed by atoms with Gasteiger partial charge >= 0.3 is 0 Å². The Hall–Kier alpha value is -0.0400. The lowest BCUT2D eigenvalue weighted by Crippen LogP contribution is -2.35. The highest BCUT2D eigenvalue weighted by atomic mass is 33.1. The van der Waals surface area contributed by atoms with Crippen molar-refractivity contribution < 1.29 is 9.59 Å². The van der Waals surface area contributed by atoms with E-state index in [-0.39, 0.29) is 23.9 Å². The molecule has 126 valence electrons. The molecule has 0 aliphatic carbocycles. The monoisotopic (exact) mass is 344 g/mol. The third kappa shape index (κ3) is 5.25. The topological polar surface area (TPSA) is 58.2 Å². The summed E-state index contributed by atoms with van der Waals surface area (Å²) in [5.41, 5.74) is 0. The highest BCUT2D eigenvalue weighted by Crippen LogP contribution is 2.28. The third-order valence-electron chi connectivity index (χ3n) is 4.50. The molecule has 2 saturated heterocycles. The zero-order valence-electron chi connectivity index (χ0n) is 13.6. The van der Waals surface area contributed by atoms with Crippen LogP contribution in [0.4, 0.5) is 0 Å². The van der Waals surface area contributed by atoms with Crippen molar-refractivity contribution in [3.05, 3.63) is 0 Å². The Bertz CT molecular complexity index is 344. The number of nitrogens with one attached hydrogen (secondary N) is 2. The maximum atomic E-state index is 12.2. The predicted molar refractivity (Wildman–Crippen MR) is 95.3 cm³/mol. The molecule has 0 unspecified atom stereocenters. The fraction of sp³-hybridized carbons (Fsp3) is 0.875. The van der Waals surface area contributed by atoms with Crippen LogP contribution >= 0.6 is 21.6 Å². The first-order valence-electron chi connectivity index (χ1n) is 8.38. The molecule has 2 fully saturated rings. The van der Waals surface area contributed by atoms with E-state index in [0.717, 1.165) is 50.3 Å². The van der Waals surface area contributed by atoms with E-state index in [1.165, 1.54) is 0 Å². The van der Waals surface area contributed by atoms with Gasteiger partial charge in [-0.25, -0.2) is 0 Å². The normalized spacial score (nSPS) is 27.7. The van der Waals surface area contributed by atoms with Crippen LogP contribution in [-0.2, 0) is 9.59 Å². The van der Waals surface area contributed by atoms with Crippen LogP contribution in [0, 0.1) is 11.8 Å². The van der Waals surface area contributed by atoms with Crippen LogP contribution in [0.5, 0.6) is 0 Å². The summed E-state index contributed by atoms with van der Waals surface area (Å²) in [6.45, 7) is 5.99. The van der Waals surface area contributed by atoms with Crippen molar-refractivity contribution in [2.75, 3.05) is 24.6 Å². The molecular weight excluding hydrogens is 316 g/mol. The second kappa shape index (κ2) is 9.30. The van der Waals surface area contributed by atoms with E-state index in [2.05, 4.69) is 10.6 Å². The fourth-order valence-electron chi connectivity index (χ4n) is 3.01. The summed E-state index contributed by atoms with van der Waals surface area (Å²) in [6.07, 6.45) is 4.20. The van der Waals surface area contributed by atoms with Gasteiger partial charge in [0.15, 0.2) is 11.6 Å². The maximum Gasteiger partial charge on any atom is 0.153 e. The number of carbonyl (C=O) groups is 2. The Labute approximate surface area is 141 Å². The van der Waals surface area contributed by atoms with E-state index < -0.39 is 0 Å². The van der Waals surface area contributed by atoms with E-state index in [1.54, 1.807) is 21.6 Å². The first-order chi connectivity index (χ1) is 10.6. The van der Waals surface area contributed by atoms with Gasteiger partial charge in [-0.2, -0.15) is 0 Å². The van der Waals surface area contributed by atoms with Gasteiger partial charge in [0, 0.05) is 23.3 Å². The molecular formula is C16H28N2O2S2. The summed E-state index contributed by atoms with van der Waals surface area (Å²) in [7, 11) is 3.46. The zero-order chi connectivity index (χ0) is 15.9. The third-order valence-corrected chi connectivity index (χ3v) is 7.25. The van der Waals surface area contributed by atoms with Gasteiger partial charge in [0.25, 0.3) is 0 Å². The SMILES string of the molecule is C[C@H](CSSC[C@@H](C)C(=O)[C@@H]1CCCN1)C(=O)[C@@H]1CCCN1. The highest BCUT2D eigenvalue weighted by molar-refractivity contribution is 8.76. The Morgan fingerprint density at radius 1 is 0.909 bits per heavy atom. The standard InChI is InChI=1S/C16H28N2O2S2/c1-11(15(19)13-5-3-7-17-13)9-21-22-10-12(2)16(20)14-6-4-8-18-14/h11-14,17-18H,3-10H2,1-2H3/t11-,12-,13+,14+/m1/s1. The number of ketones is 2. The van der Waals surface area contributed by atoms with E-state index in [4.69, 9.17) is 0 Å². The summed E-state index contributed by atoms with van der Waals surface area (Å²) in [6, 6.07) is 0.157. The highest BCUT2D eigenvalue weighted by Gasteiger charge is 2.27. The Balaban J connectivity index is 1.59. The van der Waals surface area contributed by atoms with Crippen molar-refractivity contribution >= 4 is 33.2 Å². The molecule has 0 amide bonds. The van der Waals surface area contributed by atoms with Crippen LogP contribution in [0.3, 0.4) is 0 Å². The summed E-state index contributed by atoms with van der Waals surface area (Å²) in [4.78, 5) is 24.4. The van der Waals surface area contributed by atoms with E-state index in [9.17, 15) is 9.59 Å². The molecule has 2 rings (SSSR count). The molecule has 2 aliphatic rings. The maximum absolute atomic E-state index is 12.2. The zero-order valence-corrected chi connectivity index (χ0v) is 15.2. The number of Topliss-reactive ketones (excluding diaryl/α,β-unsaturated/α-hetero) is 2. The van der Waals surface area contributed by atoms with Crippen LogP contribution < -0.4 is 10.6 Å². The lowest BCUT2D eigenvalue weighted by atomic mass is 10.0. The average molecular weight is 345 g/mol. The summed E-state index contributed by atoms with van der Waals surface area (Å²) >= 11 is 0. The molecule has 0 aromatic carbocycles. The molecule has 6 heteroatoms. The van der Waals surface area contributed by atoms with Gasteiger partial charge in [0.2, 0.25) is 0 Å². The smallest absolute Gasteiger partial charge is 0.153 e. The molecule has 0 aromatic rings. The van der Waals surface area contributed by atoms with Crippen molar-refractivity contribution in [1.82, 2.24) is 10.6 Å². The van der Waals surface area contributed by atoms with E-state index in [1.807, 2.05) is 13.8 Å². The molecule has 0 radical (unpaired) electrons. The lowest BCUT2D eigenvalue weighted by Gasteiger charge is -2.17. The Kier molecular flexibility index (Phi) is 7.74. The Morgan fingerprint density at radius 3 is 1.64 bits per heavy atom. The van der Waals surface area contributed by atoms with Gasteiger partial charge < -0.3 is 10.6 Å². The van der Waals surface area contributed by atoms with Gasteiger partial charge in [0.05, 0.1) is 12.1 Å². The molecule has 0 saturated carbocycles. The molecule has 0 aromatic heterocycles. The molecule has 0 bridgehead atoms. The second-order valence-corrected chi connectivity index (χ2v) is 9.03. The molecule has 4 nitrogen and oxygen atoms in total. The Morgan fingerprint density at radius 2 is 1.32 bits per heavy atom. The van der Waals surface area contributed by atoms with Gasteiger partial charge in [0.1, 0.15) is 0 Å². The van der Waals surface area contributed by atoms with E-state index in [0.29, 0.717) is 11.6 Å². The lowest BCUT2D eigenvalue weighted by molar-refractivity contribution is -0.124. The second-order valence-electron chi connectivity index (χ2n) is 6.47. The van der Waals surface area contributed by atoms with Crippen LogP contribution in [0.25, 0.3) is 0 Å². The number of carbonyl (C=O) groups excluding carboxylic acids is 2. The van der Waals surface area contributed by atoms with Crippen LogP contribution in [0.2, 0.25) is 0 Å². The van der Waals surface area contributed by atoms with Crippen LogP contribution in [0.15, 0.2) is 0 Å². The van der Waals surface area contributed by atoms with Crippen molar-refractivity contribution in [3.63, 3.8) is 0 Å². The van der Waals surface area contributed by atoms with Crippen molar-refractivity contribution in [1.29, 1.82) is 0 Å². The predicted octanol–water partition coefficient (Wildman–Crippen LogP) is 2.28. The quantitative estimate of drug-likeness (QED) is 0.494.